The van der Waals surface area contributed by atoms with E-state index in [0.29, 0.717) is 29.9 Å². The van der Waals surface area contributed by atoms with Gasteiger partial charge in [0.05, 0.1) is 6.54 Å². The number of nitrogens with one attached hydrogen (secondary N) is 1. The van der Waals surface area contributed by atoms with Crippen LogP contribution in [0, 0.1) is 0 Å². The molecule has 0 atom stereocenters. The maximum Gasteiger partial charge on any atom is 0.158 e. The van der Waals surface area contributed by atoms with Gasteiger partial charge in [-0.25, -0.2) is 9.97 Å². The number of hydrogen-bond donors (Lipinski definition) is 1. The van der Waals surface area contributed by atoms with E-state index in [1.807, 2.05) is 0 Å². The van der Waals surface area contributed by atoms with Crippen molar-refractivity contribution < 1.29 is 9.26 Å². The van der Waals surface area contributed by atoms with Gasteiger partial charge in [-0.05, 0) is 0 Å². The maximum absolute atomic E-state index is 5.87. The molecule has 0 saturated carbocycles. The molecule has 17 heavy (non-hydrogen) atoms. The van der Waals surface area contributed by atoms with Crippen LogP contribution in [0.3, 0.4) is 0 Å². The molecule has 2 rings (SSSR count). The number of nitrogens with zero attached hydrogens (tertiary/aromatic N) is 3. The van der Waals surface area contributed by atoms with Crippen molar-refractivity contribution in [2.75, 3.05) is 12.4 Å². The van der Waals surface area contributed by atoms with Crippen LogP contribution in [-0.4, -0.2) is 22.2 Å². The van der Waals surface area contributed by atoms with Crippen LogP contribution in [-0.2, 0) is 17.9 Å². The van der Waals surface area contributed by atoms with Crippen molar-refractivity contribution in [1.29, 1.82) is 0 Å². The Morgan fingerprint density at radius 3 is 3.06 bits per heavy atom. The highest BCUT2D eigenvalue weighted by Crippen LogP contribution is 2.12. The average Bonchev–Trinajstić information content (AvgIpc) is 2.79. The van der Waals surface area contributed by atoms with Crippen LogP contribution in [0.2, 0.25) is 5.15 Å². The molecule has 2 aromatic rings. The molecule has 0 unspecified atom stereocenters. The monoisotopic (exact) mass is 254 g/mol. The second-order valence-electron chi connectivity index (χ2n) is 3.27. The smallest absolute Gasteiger partial charge is 0.158 e. The zero-order valence-electron chi connectivity index (χ0n) is 9.18. The molecule has 0 aliphatic heterocycles. The summed E-state index contributed by atoms with van der Waals surface area (Å²) in [5.41, 5.74) is 0.785. The van der Waals surface area contributed by atoms with Crippen LogP contribution in [0.5, 0.6) is 0 Å². The molecule has 0 saturated heterocycles. The summed E-state index contributed by atoms with van der Waals surface area (Å²) in [6.07, 6.45) is 1.51. The Morgan fingerprint density at radius 1 is 1.47 bits per heavy atom. The second-order valence-corrected chi connectivity index (χ2v) is 3.66. The first-order valence-electron chi connectivity index (χ1n) is 4.93. The van der Waals surface area contributed by atoms with E-state index >= 15 is 0 Å². The predicted octanol–water partition coefficient (Wildman–Crippen LogP) is 1.88. The van der Waals surface area contributed by atoms with E-state index in [1.165, 1.54) is 6.26 Å². The molecule has 0 radical (unpaired) electrons. The number of aromatic nitrogens is 3. The van der Waals surface area contributed by atoms with Crippen LogP contribution in [0.25, 0.3) is 0 Å². The molecule has 0 bridgehead atoms. The van der Waals surface area contributed by atoms with Crippen molar-refractivity contribution in [2.45, 2.75) is 13.2 Å². The average molecular weight is 255 g/mol. The SMILES string of the molecule is COCc1nc(Cl)cc(NCc2ccon2)n1. The fourth-order valence-corrected chi connectivity index (χ4v) is 1.46. The molecule has 0 spiro atoms. The lowest BCUT2D eigenvalue weighted by Crippen LogP contribution is -2.05. The number of hydrogen-bond acceptors (Lipinski definition) is 6. The van der Waals surface area contributed by atoms with Gasteiger partial charge in [0.1, 0.15) is 29.5 Å². The van der Waals surface area contributed by atoms with Crippen molar-refractivity contribution in [3.8, 4) is 0 Å². The van der Waals surface area contributed by atoms with Crippen LogP contribution in [0.1, 0.15) is 11.5 Å². The van der Waals surface area contributed by atoms with Gasteiger partial charge < -0.3 is 14.6 Å². The van der Waals surface area contributed by atoms with Gasteiger partial charge in [0.2, 0.25) is 0 Å². The molecular weight excluding hydrogens is 244 g/mol. The minimum absolute atomic E-state index is 0.319. The van der Waals surface area contributed by atoms with Crippen molar-refractivity contribution in [3.05, 3.63) is 35.1 Å². The first-order chi connectivity index (χ1) is 8.28. The molecule has 90 valence electrons. The summed E-state index contributed by atoms with van der Waals surface area (Å²) in [4.78, 5) is 8.26. The van der Waals surface area contributed by atoms with Crippen LogP contribution in [0.15, 0.2) is 22.9 Å². The quantitative estimate of drug-likeness (QED) is 0.822. The largest absolute Gasteiger partial charge is 0.377 e. The van der Waals surface area contributed by atoms with Gasteiger partial charge in [-0.3, -0.25) is 0 Å². The Balaban J connectivity index is 2.04. The van der Waals surface area contributed by atoms with Crippen molar-refractivity contribution >= 4 is 17.4 Å². The Labute approximate surface area is 103 Å². The molecular formula is C10H11ClN4O2. The molecule has 0 amide bonds. The Hall–Kier alpha value is -1.66. The predicted molar refractivity (Wildman–Crippen MR) is 61.6 cm³/mol. The lowest BCUT2D eigenvalue weighted by atomic mass is 10.4. The highest BCUT2D eigenvalue weighted by Gasteiger charge is 2.03. The zero-order valence-corrected chi connectivity index (χ0v) is 9.94. The Bertz CT molecular complexity index is 475. The van der Waals surface area contributed by atoms with E-state index in [0.717, 1.165) is 5.69 Å². The van der Waals surface area contributed by atoms with Gasteiger partial charge in [0.25, 0.3) is 0 Å². The molecule has 0 aliphatic carbocycles. The van der Waals surface area contributed by atoms with Crippen molar-refractivity contribution in [2.24, 2.45) is 0 Å². The first-order valence-corrected chi connectivity index (χ1v) is 5.31. The molecule has 2 heterocycles. The van der Waals surface area contributed by atoms with Gasteiger partial charge in [0, 0.05) is 19.2 Å². The number of ether oxygens (including phenoxy) is 1. The van der Waals surface area contributed by atoms with Crippen LogP contribution in [0.4, 0.5) is 5.82 Å². The van der Waals surface area contributed by atoms with Crippen LogP contribution >= 0.6 is 11.6 Å². The van der Waals surface area contributed by atoms with E-state index in [4.69, 9.17) is 20.9 Å². The fourth-order valence-electron chi connectivity index (χ4n) is 1.26. The van der Waals surface area contributed by atoms with Crippen LogP contribution < -0.4 is 5.32 Å². The number of anilines is 1. The molecule has 2 aromatic heterocycles. The van der Waals surface area contributed by atoms with Gasteiger partial charge in [-0.2, -0.15) is 0 Å². The summed E-state index contributed by atoms with van der Waals surface area (Å²) in [5, 5.41) is 7.22. The normalized spacial score (nSPS) is 10.5. The Morgan fingerprint density at radius 2 is 2.35 bits per heavy atom. The third-order valence-electron chi connectivity index (χ3n) is 1.96. The summed E-state index contributed by atoms with van der Waals surface area (Å²) in [6.45, 7) is 0.829. The highest BCUT2D eigenvalue weighted by molar-refractivity contribution is 6.29. The van der Waals surface area contributed by atoms with E-state index in [2.05, 4.69) is 20.4 Å². The van der Waals surface area contributed by atoms with E-state index in [9.17, 15) is 0 Å². The summed E-state index contributed by atoms with van der Waals surface area (Å²) < 4.78 is 9.67. The minimum Gasteiger partial charge on any atom is -0.377 e. The molecule has 7 heteroatoms. The topological polar surface area (TPSA) is 73.1 Å². The standard InChI is InChI=1S/C10H11ClN4O2/c1-16-6-10-13-8(11)4-9(14-10)12-5-7-2-3-17-15-7/h2-4H,5-6H2,1H3,(H,12,13,14). The lowest BCUT2D eigenvalue weighted by molar-refractivity contribution is 0.178. The summed E-state index contributed by atoms with van der Waals surface area (Å²) in [7, 11) is 1.58. The molecule has 0 fully saturated rings. The number of halogens is 1. The summed E-state index contributed by atoms with van der Waals surface area (Å²) in [5.74, 6) is 1.16. The third-order valence-corrected chi connectivity index (χ3v) is 2.15. The lowest BCUT2D eigenvalue weighted by Gasteiger charge is -2.05. The van der Waals surface area contributed by atoms with E-state index in [1.54, 1.807) is 19.2 Å². The molecule has 0 aromatic carbocycles. The van der Waals surface area contributed by atoms with Gasteiger partial charge in [-0.15, -0.1) is 0 Å². The van der Waals surface area contributed by atoms with Gasteiger partial charge >= 0.3 is 0 Å². The number of rotatable bonds is 5. The van der Waals surface area contributed by atoms with Gasteiger partial charge in [-0.1, -0.05) is 16.8 Å². The van der Waals surface area contributed by atoms with Crippen molar-refractivity contribution in [1.82, 2.24) is 15.1 Å². The summed E-state index contributed by atoms with van der Waals surface area (Å²) in [6, 6.07) is 3.41. The highest BCUT2D eigenvalue weighted by atomic mass is 35.5. The maximum atomic E-state index is 5.87. The third kappa shape index (κ3) is 3.40. The van der Waals surface area contributed by atoms with E-state index in [-0.39, 0.29) is 0 Å². The minimum atomic E-state index is 0.319. The summed E-state index contributed by atoms with van der Waals surface area (Å²) >= 11 is 5.87. The van der Waals surface area contributed by atoms with Crippen molar-refractivity contribution in [3.63, 3.8) is 0 Å². The second kappa shape index (κ2) is 5.60. The fraction of sp³-hybridized carbons (Fsp3) is 0.300. The molecule has 1 N–H and O–H groups in total. The first kappa shape index (κ1) is 11.8. The molecule has 6 nitrogen and oxygen atoms in total. The Kier molecular flexibility index (Phi) is 3.89. The molecule has 0 aliphatic rings. The zero-order chi connectivity index (χ0) is 12.1. The van der Waals surface area contributed by atoms with Gasteiger partial charge in [0.15, 0.2) is 5.82 Å². The van der Waals surface area contributed by atoms with E-state index < -0.39 is 0 Å². The number of methoxy groups -OCH3 is 1.